The first kappa shape index (κ1) is 21.4. The van der Waals surface area contributed by atoms with E-state index in [1.54, 1.807) is 0 Å². The standard InChI is InChI=1S/C23H29NO4/c1-17(2)13-14-24-19-9-11-20(12-10-19)28-15-18-7-5-6-8-21(18)22(16-26-3)23(25)27-4/h5-12,16-17,24H,13-15H2,1-4H3/b22-16+. The van der Waals surface area contributed by atoms with E-state index in [1.165, 1.54) is 20.5 Å². The van der Waals surface area contributed by atoms with Gasteiger partial charge in [-0.1, -0.05) is 38.1 Å². The molecule has 2 aromatic carbocycles. The van der Waals surface area contributed by atoms with Gasteiger partial charge in [0.25, 0.3) is 0 Å². The summed E-state index contributed by atoms with van der Waals surface area (Å²) in [5.41, 5.74) is 3.02. The fraction of sp³-hybridized carbons (Fsp3) is 0.348. The summed E-state index contributed by atoms with van der Waals surface area (Å²) in [7, 11) is 2.85. The number of nitrogens with one attached hydrogen (secondary N) is 1. The number of carbonyl (C=O) groups excluding carboxylic acids is 1. The molecule has 0 amide bonds. The van der Waals surface area contributed by atoms with Crippen LogP contribution in [-0.2, 0) is 20.9 Å². The number of anilines is 1. The van der Waals surface area contributed by atoms with Gasteiger partial charge in [-0.25, -0.2) is 4.79 Å². The smallest absolute Gasteiger partial charge is 0.341 e. The van der Waals surface area contributed by atoms with Gasteiger partial charge in [-0.15, -0.1) is 0 Å². The van der Waals surface area contributed by atoms with Crippen LogP contribution < -0.4 is 10.1 Å². The fourth-order valence-electron chi connectivity index (χ4n) is 2.69. The Labute approximate surface area is 167 Å². The van der Waals surface area contributed by atoms with Crippen LogP contribution in [0.25, 0.3) is 5.57 Å². The molecule has 0 fully saturated rings. The molecule has 0 radical (unpaired) electrons. The van der Waals surface area contributed by atoms with Crippen LogP contribution in [0.2, 0.25) is 0 Å². The molecular weight excluding hydrogens is 354 g/mol. The van der Waals surface area contributed by atoms with E-state index in [2.05, 4.69) is 19.2 Å². The number of ether oxygens (including phenoxy) is 3. The van der Waals surface area contributed by atoms with E-state index in [4.69, 9.17) is 14.2 Å². The van der Waals surface area contributed by atoms with E-state index in [1.807, 2.05) is 48.5 Å². The molecule has 0 saturated heterocycles. The number of benzene rings is 2. The van der Waals surface area contributed by atoms with Crippen LogP contribution in [0.15, 0.2) is 54.8 Å². The van der Waals surface area contributed by atoms with Gasteiger partial charge in [0.05, 0.1) is 20.5 Å². The second-order valence-electron chi connectivity index (χ2n) is 6.84. The topological polar surface area (TPSA) is 56.8 Å². The summed E-state index contributed by atoms with van der Waals surface area (Å²) in [5.74, 6) is 0.989. The molecule has 0 aliphatic carbocycles. The molecule has 0 aromatic heterocycles. The van der Waals surface area contributed by atoms with E-state index in [0.29, 0.717) is 18.1 Å². The van der Waals surface area contributed by atoms with E-state index in [9.17, 15) is 4.79 Å². The van der Waals surface area contributed by atoms with Gasteiger partial charge in [-0.3, -0.25) is 0 Å². The Morgan fingerprint density at radius 2 is 1.79 bits per heavy atom. The Morgan fingerprint density at radius 1 is 1.07 bits per heavy atom. The summed E-state index contributed by atoms with van der Waals surface area (Å²) in [6, 6.07) is 15.4. The minimum Gasteiger partial charge on any atom is -0.503 e. The third-order valence-electron chi connectivity index (χ3n) is 4.25. The summed E-state index contributed by atoms with van der Waals surface area (Å²) in [4.78, 5) is 12.1. The van der Waals surface area contributed by atoms with Gasteiger partial charge >= 0.3 is 5.97 Å². The molecule has 1 N–H and O–H groups in total. The first-order chi connectivity index (χ1) is 13.5. The zero-order valence-corrected chi connectivity index (χ0v) is 17.0. The predicted octanol–water partition coefficient (Wildman–Crippen LogP) is 4.88. The van der Waals surface area contributed by atoms with E-state index >= 15 is 0 Å². The lowest BCUT2D eigenvalue weighted by atomic mass is 10.0. The van der Waals surface area contributed by atoms with Crippen molar-refractivity contribution in [2.45, 2.75) is 26.9 Å². The van der Waals surface area contributed by atoms with Gasteiger partial charge < -0.3 is 19.5 Å². The fourth-order valence-corrected chi connectivity index (χ4v) is 2.69. The van der Waals surface area contributed by atoms with Crippen molar-refractivity contribution in [2.75, 3.05) is 26.1 Å². The van der Waals surface area contributed by atoms with Gasteiger partial charge in [-0.2, -0.15) is 0 Å². The third kappa shape index (κ3) is 6.34. The monoisotopic (exact) mass is 383 g/mol. The van der Waals surface area contributed by atoms with Crippen LogP contribution in [0, 0.1) is 5.92 Å². The molecular formula is C23H29NO4. The summed E-state index contributed by atoms with van der Waals surface area (Å²) in [6.45, 7) is 5.70. The van der Waals surface area contributed by atoms with Crippen molar-refractivity contribution >= 4 is 17.2 Å². The van der Waals surface area contributed by atoms with Crippen LogP contribution in [0.1, 0.15) is 31.4 Å². The second-order valence-corrected chi connectivity index (χ2v) is 6.84. The minimum absolute atomic E-state index is 0.328. The van der Waals surface area contributed by atoms with Crippen LogP contribution in [0.4, 0.5) is 5.69 Å². The van der Waals surface area contributed by atoms with Crippen molar-refractivity contribution in [2.24, 2.45) is 5.92 Å². The molecule has 0 saturated carbocycles. The lowest BCUT2D eigenvalue weighted by Crippen LogP contribution is -2.08. The van der Waals surface area contributed by atoms with E-state index in [-0.39, 0.29) is 0 Å². The average Bonchev–Trinajstić information content (AvgIpc) is 2.71. The number of carbonyl (C=O) groups is 1. The van der Waals surface area contributed by atoms with Crippen molar-refractivity contribution in [3.8, 4) is 5.75 Å². The summed E-state index contributed by atoms with van der Waals surface area (Å²) in [5, 5.41) is 3.41. The molecule has 5 heteroatoms. The third-order valence-corrected chi connectivity index (χ3v) is 4.25. The van der Waals surface area contributed by atoms with E-state index < -0.39 is 5.97 Å². The normalized spacial score (nSPS) is 11.2. The van der Waals surface area contributed by atoms with Crippen LogP contribution in [-0.4, -0.2) is 26.7 Å². The van der Waals surface area contributed by atoms with Gasteiger partial charge in [0.2, 0.25) is 0 Å². The van der Waals surface area contributed by atoms with E-state index in [0.717, 1.165) is 35.5 Å². The van der Waals surface area contributed by atoms with Crippen molar-refractivity contribution in [3.05, 3.63) is 65.9 Å². The number of hydrogen-bond acceptors (Lipinski definition) is 5. The molecule has 5 nitrogen and oxygen atoms in total. The Kier molecular flexibility index (Phi) is 8.40. The van der Waals surface area contributed by atoms with Gasteiger partial charge in [0.1, 0.15) is 17.9 Å². The van der Waals surface area contributed by atoms with Crippen LogP contribution >= 0.6 is 0 Å². The van der Waals surface area contributed by atoms with Crippen molar-refractivity contribution in [1.29, 1.82) is 0 Å². The van der Waals surface area contributed by atoms with Crippen molar-refractivity contribution < 1.29 is 19.0 Å². The summed E-state index contributed by atoms with van der Waals surface area (Å²) >= 11 is 0. The molecule has 150 valence electrons. The molecule has 0 aliphatic heterocycles. The molecule has 0 heterocycles. The quantitative estimate of drug-likeness (QED) is 0.360. The van der Waals surface area contributed by atoms with Crippen molar-refractivity contribution in [1.82, 2.24) is 0 Å². The minimum atomic E-state index is -0.453. The molecule has 2 aromatic rings. The molecule has 0 aliphatic rings. The van der Waals surface area contributed by atoms with Crippen molar-refractivity contribution in [3.63, 3.8) is 0 Å². The molecule has 0 spiro atoms. The average molecular weight is 383 g/mol. The zero-order chi connectivity index (χ0) is 20.4. The highest BCUT2D eigenvalue weighted by atomic mass is 16.5. The maximum Gasteiger partial charge on any atom is 0.341 e. The SMILES string of the molecule is CO/C=C(/C(=O)OC)c1ccccc1COc1ccc(NCCC(C)C)cc1. The number of hydrogen-bond donors (Lipinski definition) is 1. The van der Waals surface area contributed by atoms with Crippen LogP contribution in [0.5, 0.6) is 5.75 Å². The first-order valence-corrected chi connectivity index (χ1v) is 9.41. The summed E-state index contributed by atoms with van der Waals surface area (Å²) < 4.78 is 15.8. The van der Waals surface area contributed by atoms with Gasteiger partial charge in [0, 0.05) is 12.2 Å². The Hall–Kier alpha value is -2.95. The van der Waals surface area contributed by atoms with Gasteiger partial charge in [0.15, 0.2) is 0 Å². The Morgan fingerprint density at radius 3 is 2.43 bits per heavy atom. The lowest BCUT2D eigenvalue weighted by Gasteiger charge is -2.13. The maximum atomic E-state index is 12.1. The zero-order valence-electron chi connectivity index (χ0n) is 17.0. The highest BCUT2D eigenvalue weighted by Gasteiger charge is 2.16. The number of esters is 1. The van der Waals surface area contributed by atoms with Crippen LogP contribution in [0.3, 0.4) is 0 Å². The Bertz CT molecular complexity index is 781. The summed E-state index contributed by atoms with van der Waals surface area (Å²) in [6.07, 6.45) is 2.52. The highest BCUT2D eigenvalue weighted by Crippen LogP contribution is 2.23. The molecule has 0 bridgehead atoms. The Balaban J connectivity index is 2.05. The first-order valence-electron chi connectivity index (χ1n) is 9.41. The molecule has 28 heavy (non-hydrogen) atoms. The lowest BCUT2D eigenvalue weighted by molar-refractivity contribution is -0.133. The van der Waals surface area contributed by atoms with Gasteiger partial charge in [-0.05, 0) is 47.7 Å². The number of methoxy groups -OCH3 is 2. The largest absolute Gasteiger partial charge is 0.503 e. The predicted molar refractivity (Wildman–Crippen MR) is 112 cm³/mol. The maximum absolute atomic E-state index is 12.1. The number of rotatable bonds is 10. The molecule has 0 atom stereocenters. The second kappa shape index (κ2) is 11.0. The molecule has 0 unspecified atom stereocenters. The highest BCUT2D eigenvalue weighted by molar-refractivity contribution is 6.16. The molecule has 2 rings (SSSR count).